The average Bonchev–Trinajstić information content (AvgIpc) is 2.58. The van der Waals surface area contributed by atoms with Gasteiger partial charge in [-0.25, -0.2) is 0 Å². The fraction of sp³-hybridized carbons (Fsp3) is 1.00. The molecule has 0 spiro atoms. The Bertz CT molecular complexity index is 326. The van der Waals surface area contributed by atoms with Crippen LogP contribution in [0.15, 0.2) is 0 Å². The summed E-state index contributed by atoms with van der Waals surface area (Å²) in [5, 5.41) is 89.3. The zero-order valence-electron chi connectivity index (χ0n) is 12.5. The summed E-state index contributed by atoms with van der Waals surface area (Å²) in [6, 6.07) is 0. The zero-order valence-corrected chi connectivity index (χ0v) is 12.5. The Kier molecular flexibility index (Phi) is 8.34. The molecule has 0 aromatic heterocycles. The molecule has 0 saturated carbocycles. The maximum Gasteiger partial charge on any atom is 0.184 e. The highest BCUT2D eigenvalue weighted by Gasteiger charge is 2.43. The summed E-state index contributed by atoms with van der Waals surface area (Å²) in [5.41, 5.74) is 0. The lowest BCUT2D eigenvalue weighted by molar-refractivity contribution is -0.286. The van der Waals surface area contributed by atoms with Crippen LogP contribution < -0.4 is 0 Å². The van der Waals surface area contributed by atoms with E-state index in [2.05, 4.69) is 9.47 Å². The summed E-state index contributed by atoms with van der Waals surface area (Å²) < 4.78 is 9.15. The fourth-order valence-electron chi connectivity index (χ4n) is 2.16. The highest BCUT2D eigenvalue weighted by molar-refractivity contribution is 4.88. The number of aliphatic hydroxyl groups excluding tert-OH is 10. The van der Waals surface area contributed by atoms with E-state index in [9.17, 15) is 0 Å². The highest BCUT2D eigenvalue weighted by atomic mass is 16.6. The predicted octanol–water partition coefficient (Wildman–Crippen LogP) is -6.44. The summed E-state index contributed by atoms with van der Waals surface area (Å²) in [6.07, 6.45) is -14.1. The maximum absolute atomic E-state index is 9.12. The topological polar surface area (TPSA) is 221 Å². The van der Waals surface area contributed by atoms with Crippen LogP contribution >= 0.6 is 0 Å². The van der Waals surface area contributed by atoms with Crippen molar-refractivity contribution in [2.24, 2.45) is 0 Å². The van der Waals surface area contributed by atoms with E-state index in [1.165, 1.54) is 0 Å². The van der Waals surface area contributed by atoms with E-state index >= 15 is 0 Å². The van der Waals surface area contributed by atoms with E-state index in [1.807, 2.05) is 0 Å². The molecule has 10 N–H and O–H groups in total. The van der Waals surface area contributed by atoms with Crippen LogP contribution in [-0.2, 0) is 9.47 Å². The normalized spacial score (nSPS) is 49.2. The largest absolute Gasteiger partial charge is 0.394 e. The quantitative estimate of drug-likeness (QED) is 0.222. The summed E-state index contributed by atoms with van der Waals surface area (Å²) >= 11 is 0. The number of rotatable bonds is 2. The third-order valence-corrected chi connectivity index (χ3v) is 3.73. The summed E-state index contributed by atoms with van der Waals surface area (Å²) in [7, 11) is 0. The molecule has 10 atom stereocenters. The van der Waals surface area contributed by atoms with Crippen molar-refractivity contribution in [3.8, 4) is 0 Å². The smallest absolute Gasteiger partial charge is 0.184 e. The molecular weight excluding hydrogens is 336 g/mol. The molecule has 2 aliphatic rings. The Morgan fingerprint density at radius 3 is 1.00 bits per heavy atom. The van der Waals surface area contributed by atoms with Gasteiger partial charge in [-0.05, 0) is 0 Å². The molecular formula is C12H24O12. The van der Waals surface area contributed by atoms with Gasteiger partial charge in [-0.15, -0.1) is 0 Å². The van der Waals surface area contributed by atoms with Gasteiger partial charge in [-0.2, -0.15) is 0 Å². The van der Waals surface area contributed by atoms with E-state index in [0.717, 1.165) is 0 Å². The molecule has 24 heavy (non-hydrogen) atoms. The van der Waals surface area contributed by atoms with Gasteiger partial charge in [-0.3, -0.25) is 0 Å². The number of aliphatic hydroxyl groups is 10. The lowest BCUT2D eigenvalue weighted by Crippen LogP contribution is -2.58. The van der Waals surface area contributed by atoms with Gasteiger partial charge in [-0.1, -0.05) is 0 Å². The lowest BCUT2D eigenvalue weighted by Gasteiger charge is -2.37. The predicted molar refractivity (Wildman–Crippen MR) is 72.0 cm³/mol. The minimum absolute atomic E-state index is 0.526. The van der Waals surface area contributed by atoms with Crippen LogP contribution in [0.2, 0.25) is 0 Å². The highest BCUT2D eigenvalue weighted by Crippen LogP contribution is 2.19. The van der Waals surface area contributed by atoms with Gasteiger partial charge in [0.25, 0.3) is 0 Å². The van der Waals surface area contributed by atoms with Crippen molar-refractivity contribution in [2.75, 3.05) is 13.2 Å². The number of ether oxygens (including phenoxy) is 2. The molecule has 0 aliphatic carbocycles. The molecule has 0 unspecified atom stereocenters. The molecule has 0 amide bonds. The molecule has 2 heterocycles. The summed E-state index contributed by atoms with van der Waals surface area (Å²) in [6.45, 7) is -1.05. The number of hydrogen-bond donors (Lipinski definition) is 10. The van der Waals surface area contributed by atoms with E-state index in [1.54, 1.807) is 0 Å². The SMILES string of the molecule is OC[C@H]1O[C@@H](O)[C@@H](O)[C@@H](O)[C@@H]1O.OC[C@H]1O[C@H](O)[C@@H](O)[C@@H](O)[C@@H]1O. The summed E-state index contributed by atoms with van der Waals surface area (Å²) in [5.74, 6) is 0. The molecule has 0 radical (unpaired) electrons. The van der Waals surface area contributed by atoms with Crippen molar-refractivity contribution in [3.63, 3.8) is 0 Å². The van der Waals surface area contributed by atoms with Gasteiger partial charge >= 0.3 is 0 Å². The van der Waals surface area contributed by atoms with Crippen LogP contribution in [0.3, 0.4) is 0 Å². The zero-order chi connectivity index (χ0) is 18.6. The molecule has 0 aromatic carbocycles. The van der Waals surface area contributed by atoms with Gasteiger partial charge in [0.15, 0.2) is 12.6 Å². The van der Waals surface area contributed by atoms with Crippen LogP contribution in [-0.4, -0.2) is 126 Å². The maximum atomic E-state index is 9.12. The monoisotopic (exact) mass is 360 g/mol. The third-order valence-electron chi connectivity index (χ3n) is 3.73. The molecule has 0 bridgehead atoms. The van der Waals surface area contributed by atoms with Crippen molar-refractivity contribution in [1.82, 2.24) is 0 Å². The molecule has 144 valence electrons. The third kappa shape index (κ3) is 4.78. The minimum atomic E-state index is -1.57. The Hall–Kier alpha value is -0.480. The first-order valence-corrected chi connectivity index (χ1v) is 7.12. The molecule has 2 rings (SSSR count). The van der Waals surface area contributed by atoms with Gasteiger partial charge in [0.1, 0.15) is 48.8 Å². The first-order valence-electron chi connectivity index (χ1n) is 7.12. The first kappa shape index (κ1) is 21.6. The van der Waals surface area contributed by atoms with E-state index in [4.69, 9.17) is 51.1 Å². The molecule has 12 nitrogen and oxygen atoms in total. The van der Waals surface area contributed by atoms with Crippen molar-refractivity contribution < 1.29 is 60.5 Å². The van der Waals surface area contributed by atoms with E-state index < -0.39 is 74.6 Å². The van der Waals surface area contributed by atoms with E-state index in [0.29, 0.717) is 0 Å². The average molecular weight is 360 g/mol. The molecule has 2 saturated heterocycles. The van der Waals surface area contributed by atoms with Crippen LogP contribution in [0, 0.1) is 0 Å². The standard InChI is InChI=1S/2C6H12O6/c2*7-1-2-3(8)4(9)5(10)6(11)12-2/h2*2-11H,1H2/t2-,3-,4+,5+,6+;2-,3-,4+,5+,6-/m11/s1. The Balaban J connectivity index is 0.000000240. The van der Waals surface area contributed by atoms with Crippen LogP contribution in [0.5, 0.6) is 0 Å². The second-order valence-corrected chi connectivity index (χ2v) is 5.44. The minimum Gasteiger partial charge on any atom is -0.394 e. The van der Waals surface area contributed by atoms with E-state index in [-0.39, 0.29) is 0 Å². The van der Waals surface area contributed by atoms with Crippen LogP contribution in [0.4, 0.5) is 0 Å². The van der Waals surface area contributed by atoms with Crippen molar-refractivity contribution in [1.29, 1.82) is 0 Å². The second kappa shape index (κ2) is 9.28. The van der Waals surface area contributed by atoms with Gasteiger partial charge in [0, 0.05) is 0 Å². The number of hydrogen-bond acceptors (Lipinski definition) is 12. The molecule has 2 fully saturated rings. The molecule has 2 aliphatic heterocycles. The lowest BCUT2D eigenvalue weighted by atomic mass is 10.00. The van der Waals surface area contributed by atoms with Crippen molar-refractivity contribution >= 4 is 0 Å². The van der Waals surface area contributed by atoms with Gasteiger partial charge in [0.2, 0.25) is 0 Å². The molecule has 12 heteroatoms. The summed E-state index contributed by atoms with van der Waals surface area (Å²) in [4.78, 5) is 0. The Morgan fingerprint density at radius 1 is 0.458 bits per heavy atom. The molecule has 0 aromatic rings. The van der Waals surface area contributed by atoms with Gasteiger partial charge in [0.05, 0.1) is 13.2 Å². The Labute approximate surface area is 136 Å². The van der Waals surface area contributed by atoms with Crippen molar-refractivity contribution in [2.45, 2.75) is 61.4 Å². The Morgan fingerprint density at radius 2 is 0.750 bits per heavy atom. The van der Waals surface area contributed by atoms with Crippen LogP contribution in [0.1, 0.15) is 0 Å². The first-order chi connectivity index (χ1) is 11.1. The second-order valence-electron chi connectivity index (χ2n) is 5.44. The van der Waals surface area contributed by atoms with Crippen LogP contribution in [0.25, 0.3) is 0 Å². The van der Waals surface area contributed by atoms with Gasteiger partial charge < -0.3 is 60.5 Å². The fourth-order valence-corrected chi connectivity index (χ4v) is 2.16. The van der Waals surface area contributed by atoms with Crippen molar-refractivity contribution in [3.05, 3.63) is 0 Å².